The van der Waals surface area contributed by atoms with Crippen LogP contribution in [0.5, 0.6) is 0 Å². The molecule has 1 fully saturated rings. The highest BCUT2D eigenvalue weighted by Crippen LogP contribution is 2.30. The Morgan fingerprint density at radius 1 is 1.41 bits per heavy atom. The second-order valence-electron chi connectivity index (χ2n) is 4.84. The molecule has 1 heterocycles. The third-order valence-corrected chi connectivity index (χ3v) is 4.09. The van der Waals surface area contributed by atoms with Crippen molar-refractivity contribution in [1.82, 2.24) is 0 Å². The first-order valence-corrected chi connectivity index (χ1v) is 6.35. The summed E-state index contributed by atoms with van der Waals surface area (Å²) < 4.78 is 13.9. The predicted molar refractivity (Wildman–Crippen MR) is 70.0 cm³/mol. The molecule has 0 amide bonds. The lowest BCUT2D eigenvalue weighted by Gasteiger charge is -2.42. The van der Waals surface area contributed by atoms with E-state index in [2.05, 4.69) is 18.7 Å². The average Bonchev–Trinajstić information content (AvgIpc) is 2.28. The Bertz CT molecular complexity index is 410. The Hall–Kier alpha value is -0.800. The molecule has 0 aliphatic carbocycles. The van der Waals surface area contributed by atoms with Crippen molar-refractivity contribution in [3.63, 3.8) is 0 Å². The number of hydrogen-bond donors (Lipinski definition) is 1. The van der Waals surface area contributed by atoms with Crippen molar-refractivity contribution in [2.75, 3.05) is 11.4 Å². The quantitative estimate of drug-likeness (QED) is 0.837. The van der Waals surface area contributed by atoms with Crippen LogP contribution in [0, 0.1) is 11.7 Å². The van der Waals surface area contributed by atoms with Crippen LogP contribution < -0.4 is 10.6 Å². The maximum atomic E-state index is 13.9. The molecule has 0 saturated carbocycles. The van der Waals surface area contributed by atoms with Gasteiger partial charge in [0.2, 0.25) is 0 Å². The molecule has 0 radical (unpaired) electrons. The lowest BCUT2D eigenvalue weighted by atomic mass is 9.87. The van der Waals surface area contributed by atoms with Gasteiger partial charge in [-0.1, -0.05) is 18.5 Å². The lowest BCUT2D eigenvalue weighted by Crippen LogP contribution is -2.52. The molecule has 1 aromatic rings. The van der Waals surface area contributed by atoms with E-state index >= 15 is 0 Å². The Morgan fingerprint density at radius 2 is 2.12 bits per heavy atom. The summed E-state index contributed by atoms with van der Waals surface area (Å²) in [5.41, 5.74) is 6.66. The minimum absolute atomic E-state index is 0.205. The molecule has 2 N–H and O–H groups in total. The van der Waals surface area contributed by atoms with E-state index in [-0.39, 0.29) is 17.9 Å². The molecular weight excluding hydrogens is 239 g/mol. The Labute approximate surface area is 107 Å². The van der Waals surface area contributed by atoms with Crippen LogP contribution in [0.25, 0.3) is 0 Å². The zero-order valence-electron chi connectivity index (χ0n) is 10.2. The fraction of sp³-hybridized carbons (Fsp3) is 0.538. The van der Waals surface area contributed by atoms with E-state index in [4.69, 9.17) is 17.3 Å². The second kappa shape index (κ2) is 4.83. The van der Waals surface area contributed by atoms with Gasteiger partial charge in [0.15, 0.2) is 0 Å². The maximum Gasteiger partial charge on any atom is 0.147 e. The van der Waals surface area contributed by atoms with Crippen LogP contribution in [0.3, 0.4) is 0 Å². The number of piperidine rings is 1. The summed E-state index contributed by atoms with van der Waals surface area (Å²) >= 11 is 5.77. The number of nitrogens with two attached hydrogens (primary N) is 1. The molecule has 0 aromatic heterocycles. The summed E-state index contributed by atoms with van der Waals surface area (Å²) in [6.07, 6.45) is 0.896. The van der Waals surface area contributed by atoms with Crippen LogP contribution in [-0.2, 0) is 0 Å². The van der Waals surface area contributed by atoms with Crippen LogP contribution in [-0.4, -0.2) is 18.6 Å². The van der Waals surface area contributed by atoms with E-state index in [1.807, 2.05) is 0 Å². The van der Waals surface area contributed by atoms with Gasteiger partial charge in [0.1, 0.15) is 5.82 Å². The Morgan fingerprint density at radius 3 is 2.76 bits per heavy atom. The van der Waals surface area contributed by atoms with Gasteiger partial charge >= 0.3 is 0 Å². The summed E-state index contributed by atoms with van der Waals surface area (Å²) in [6.45, 7) is 5.01. The normalized spacial score (nSPS) is 29.5. The zero-order valence-corrected chi connectivity index (χ0v) is 10.9. The molecule has 3 atom stereocenters. The van der Waals surface area contributed by atoms with Gasteiger partial charge in [-0.3, -0.25) is 0 Å². The third-order valence-electron chi connectivity index (χ3n) is 3.85. The van der Waals surface area contributed by atoms with E-state index in [9.17, 15) is 4.39 Å². The zero-order chi connectivity index (χ0) is 12.6. The summed E-state index contributed by atoms with van der Waals surface area (Å²) in [7, 11) is 0. The van der Waals surface area contributed by atoms with Crippen LogP contribution in [0.2, 0.25) is 5.02 Å². The van der Waals surface area contributed by atoms with Crippen molar-refractivity contribution < 1.29 is 4.39 Å². The van der Waals surface area contributed by atoms with Gasteiger partial charge in [0.05, 0.1) is 5.69 Å². The standard InChI is InChI=1S/C13H18ClFN2/c1-8-9(2)17(6-5-12(8)16)13-4-3-10(14)7-11(13)15/h3-4,7-9,12H,5-6,16H2,1-2H3. The van der Waals surface area contributed by atoms with Gasteiger partial charge < -0.3 is 10.6 Å². The maximum absolute atomic E-state index is 13.9. The van der Waals surface area contributed by atoms with Crippen LogP contribution in [0.4, 0.5) is 10.1 Å². The molecule has 4 heteroatoms. The van der Waals surface area contributed by atoms with Gasteiger partial charge in [0, 0.05) is 23.7 Å². The molecule has 3 unspecified atom stereocenters. The molecular formula is C13H18ClFN2. The average molecular weight is 257 g/mol. The minimum atomic E-state index is -0.257. The highest BCUT2D eigenvalue weighted by Gasteiger charge is 2.31. The lowest BCUT2D eigenvalue weighted by molar-refractivity contribution is 0.313. The largest absolute Gasteiger partial charge is 0.366 e. The SMILES string of the molecule is CC1C(N)CCN(c2ccc(Cl)cc2F)C1C. The molecule has 0 spiro atoms. The van der Waals surface area contributed by atoms with Gasteiger partial charge in [-0.2, -0.15) is 0 Å². The molecule has 1 saturated heterocycles. The first-order valence-electron chi connectivity index (χ1n) is 5.98. The molecule has 94 valence electrons. The first-order chi connectivity index (χ1) is 8.00. The van der Waals surface area contributed by atoms with E-state index in [1.165, 1.54) is 6.07 Å². The van der Waals surface area contributed by atoms with Gasteiger partial charge in [0.25, 0.3) is 0 Å². The number of benzene rings is 1. The van der Waals surface area contributed by atoms with Gasteiger partial charge in [-0.25, -0.2) is 4.39 Å². The topological polar surface area (TPSA) is 29.3 Å². The van der Waals surface area contributed by atoms with E-state index in [0.29, 0.717) is 16.6 Å². The first kappa shape index (κ1) is 12.7. The molecule has 1 aliphatic rings. The summed E-state index contributed by atoms with van der Waals surface area (Å²) in [4.78, 5) is 2.08. The Kier molecular flexibility index (Phi) is 3.59. The third kappa shape index (κ3) is 2.40. The smallest absolute Gasteiger partial charge is 0.147 e. The fourth-order valence-electron chi connectivity index (χ4n) is 2.45. The van der Waals surface area contributed by atoms with Gasteiger partial charge in [-0.15, -0.1) is 0 Å². The van der Waals surface area contributed by atoms with Crippen molar-refractivity contribution in [2.45, 2.75) is 32.4 Å². The van der Waals surface area contributed by atoms with E-state index in [1.54, 1.807) is 12.1 Å². The van der Waals surface area contributed by atoms with Crippen molar-refractivity contribution in [3.05, 3.63) is 29.0 Å². The van der Waals surface area contributed by atoms with E-state index < -0.39 is 0 Å². The van der Waals surface area contributed by atoms with Crippen LogP contribution in [0.15, 0.2) is 18.2 Å². The summed E-state index contributed by atoms with van der Waals surface area (Å²) in [6, 6.07) is 5.29. The molecule has 1 aliphatic heterocycles. The highest BCUT2D eigenvalue weighted by molar-refractivity contribution is 6.30. The number of halogens is 2. The minimum Gasteiger partial charge on any atom is -0.366 e. The highest BCUT2D eigenvalue weighted by atomic mass is 35.5. The van der Waals surface area contributed by atoms with Crippen molar-refractivity contribution in [2.24, 2.45) is 11.7 Å². The van der Waals surface area contributed by atoms with Crippen molar-refractivity contribution >= 4 is 17.3 Å². The number of nitrogens with zero attached hydrogens (tertiary/aromatic N) is 1. The second-order valence-corrected chi connectivity index (χ2v) is 5.28. The van der Waals surface area contributed by atoms with Crippen LogP contribution in [0.1, 0.15) is 20.3 Å². The number of rotatable bonds is 1. The van der Waals surface area contributed by atoms with Crippen LogP contribution >= 0.6 is 11.6 Å². The molecule has 17 heavy (non-hydrogen) atoms. The monoisotopic (exact) mass is 256 g/mol. The fourth-order valence-corrected chi connectivity index (χ4v) is 2.61. The Balaban J connectivity index is 2.28. The van der Waals surface area contributed by atoms with Crippen molar-refractivity contribution in [1.29, 1.82) is 0 Å². The summed E-state index contributed by atoms with van der Waals surface area (Å²) in [5.74, 6) is 0.103. The molecule has 1 aromatic carbocycles. The van der Waals surface area contributed by atoms with E-state index in [0.717, 1.165) is 13.0 Å². The van der Waals surface area contributed by atoms with Crippen molar-refractivity contribution in [3.8, 4) is 0 Å². The van der Waals surface area contributed by atoms with Gasteiger partial charge in [-0.05, 0) is 37.5 Å². The number of hydrogen-bond acceptors (Lipinski definition) is 2. The molecule has 2 nitrogen and oxygen atoms in total. The number of anilines is 1. The predicted octanol–water partition coefficient (Wildman–Crippen LogP) is 3.04. The molecule has 0 bridgehead atoms. The molecule has 2 rings (SSSR count). The summed E-state index contributed by atoms with van der Waals surface area (Å²) in [5, 5.41) is 0.431.